The minimum absolute atomic E-state index is 0.343. The number of fused-ring (bicyclic) bond motifs is 1. The van der Waals surface area contributed by atoms with Gasteiger partial charge in [0.1, 0.15) is 0 Å². The van der Waals surface area contributed by atoms with Crippen LogP contribution in [0.15, 0.2) is 53.4 Å². The van der Waals surface area contributed by atoms with Crippen LogP contribution in [0.25, 0.3) is 0 Å². The number of amides is 3. The first kappa shape index (κ1) is 19.0. The van der Waals surface area contributed by atoms with Crippen LogP contribution < -0.4 is 10.6 Å². The molecule has 0 saturated carbocycles. The number of hydrogen-bond acceptors (Lipinski definition) is 4. The number of thioether (sulfide) groups is 1. The van der Waals surface area contributed by atoms with Crippen molar-refractivity contribution in [3.05, 3.63) is 59.7 Å². The van der Waals surface area contributed by atoms with Gasteiger partial charge in [0.25, 0.3) is 5.91 Å². The van der Waals surface area contributed by atoms with E-state index in [4.69, 9.17) is 0 Å². The SMILES string of the molecule is O=C(C[C@H]1Sc2ccccc2NC1=O)NC(=O)c1ccccc1C(F)(F)F. The maximum Gasteiger partial charge on any atom is 0.417 e. The molecule has 2 N–H and O–H groups in total. The number of carbonyl (C=O) groups excluding carboxylic acids is 3. The molecule has 3 amide bonds. The number of benzene rings is 2. The Labute approximate surface area is 156 Å². The van der Waals surface area contributed by atoms with Crippen LogP contribution in [-0.2, 0) is 15.8 Å². The molecule has 5 nitrogen and oxygen atoms in total. The molecule has 1 aliphatic rings. The Morgan fingerprint density at radius 3 is 2.48 bits per heavy atom. The lowest BCUT2D eigenvalue weighted by Crippen LogP contribution is -2.37. The Hall–Kier alpha value is -2.81. The zero-order chi connectivity index (χ0) is 19.6. The molecule has 0 radical (unpaired) electrons. The molecule has 140 valence electrons. The summed E-state index contributed by atoms with van der Waals surface area (Å²) < 4.78 is 39.0. The Balaban J connectivity index is 1.69. The lowest BCUT2D eigenvalue weighted by Gasteiger charge is -2.23. The number of halogens is 3. The highest BCUT2D eigenvalue weighted by Crippen LogP contribution is 2.36. The third-order valence-corrected chi connectivity index (χ3v) is 5.08. The summed E-state index contributed by atoms with van der Waals surface area (Å²) in [6, 6.07) is 11.2. The van der Waals surface area contributed by atoms with Gasteiger partial charge in [-0.3, -0.25) is 19.7 Å². The third-order valence-electron chi connectivity index (χ3n) is 3.81. The number of rotatable bonds is 3. The van der Waals surface area contributed by atoms with Gasteiger partial charge >= 0.3 is 6.18 Å². The van der Waals surface area contributed by atoms with Crippen LogP contribution in [0.3, 0.4) is 0 Å². The summed E-state index contributed by atoms with van der Waals surface area (Å²) in [5, 5.41) is 3.80. The van der Waals surface area contributed by atoms with Gasteiger partial charge in [-0.25, -0.2) is 0 Å². The van der Waals surface area contributed by atoms with Gasteiger partial charge in [-0.1, -0.05) is 24.3 Å². The van der Waals surface area contributed by atoms with E-state index >= 15 is 0 Å². The van der Waals surface area contributed by atoms with Crippen molar-refractivity contribution in [3.63, 3.8) is 0 Å². The Morgan fingerprint density at radius 1 is 1.07 bits per heavy atom. The number of carbonyl (C=O) groups is 3. The van der Waals surface area contributed by atoms with Gasteiger partial charge in [0.15, 0.2) is 0 Å². The summed E-state index contributed by atoms with van der Waals surface area (Å²) in [6.45, 7) is 0. The molecule has 1 aliphatic heterocycles. The van der Waals surface area contributed by atoms with E-state index in [0.29, 0.717) is 5.69 Å². The van der Waals surface area contributed by atoms with Crippen molar-refractivity contribution in [2.75, 3.05) is 5.32 Å². The van der Waals surface area contributed by atoms with Crippen LogP contribution in [0.4, 0.5) is 18.9 Å². The molecule has 0 aromatic heterocycles. The molecule has 2 aromatic rings. The minimum atomic E-state index is -4.72. The normalized spacial score (nSPS) is 16.3. The van der Waals surface area contributed by atoms with Crippen molar-refractivity contribution >= 4 is 35.2 Å². The van der Waals surface area contributed by atoms with Gasteiger partial charge in [-0.05, 0) is 24.3 Å². The molecular weight excluding hydrogens is 381 g/mol. The van der Waals surface area contributed by atoms with E-state index in [1.807, 2.05) is 5.32 Å². The van der Waals surface area contributed by atoms with Gasteiger partial charge in [0.2, 0.25) is 11.8 Å². The number of imide groups is 1. The summed E-state index contributed by atoms with van der Waals surface area (Å²) in [6.07, 6.45) is -5.06. The van der Waals surface area contributed by atoms with Crippen LogP contribution in [0.1, 0.15) is 22.3 Å². The molecule has 1 heterocycles. The summed E-state index contributed by atoms with van der Waals surface area (Å²) in [5.41, 5.74) is -1.15. The molecule has 9 heteroatoms. The molecule has 0 spiro atoms. The molecule has 0 saturated heterocycles. The molecule has 2 aromatic carbocycles. The zero-order valence-corrected chi connectivity index (χ0v) is 14.5. The summed E-state index contributed by atoms with van der Waals surface area (Å²) >= 11 is 1.16. The maximum absolute atomic E-state index is 13.0. The second-order valence-electron chi connectivity index (χ2n) is 5.72. The van der Waals surface area contributed by atoms with Gasteiger partial charge in [-0.2, -0.15) is 13.2 Å². The molecular formula is C18H13F3N2O3S. The standard InChI is InChI=1S/C18H13F3N2O3S/c19-18(20,21)11-6-2-1-5-10(11)16(25)23-15(24)9-14-17(26)22-12-7-3-4-8-13(12)27-14/h1-8,14H,9H2,(H,22,26)(H,23,24,25)/t14-/m1/s1. The summed E-state index contributed by atoms with van der Waals surface area (Å²) in [7, 11) is 0. The fourth-order valence-corrected chi connectivity index (χ4v) is 3.68. The van der Waals surface area contributed by atoms with Crippen LogP contribution in [0.5, 0.6) is 0 Å². The number of alkyl halides is 3. The molecule has 0 aliphatic carbocycles. The van der Waals surface area contributed by atoms with Crippen LogP contribution >= 0.6 is 11.8 Å². The van der Waals surface area contributed by atoms with E-state index in [0.717, 1.165) is 34.9 Å². The van der Waals surface area contributed by atoms with Crippen molar-refractivity contribution in [2.24, 2.45) is 0 Å². The topological polar surface area (TPSA) is 75.3 Å². The second kappa shape index (κ2) is 7.43. The fraction of sp³-hybridized carbons (Fsp3) is 0.167. The summed E-state index contributed by atoms with van der Waals surface area (Å²) in [5.74, 6) is -2.39. The van der Waals surface area contributed by atoms with Crippen molar-refractivity contribution in [2.45, 2.75) is 22.7 Å². The number of nitrogens with one attached hydrogen (secondary N) is 2. The van der Waals surface area contributed by atoms with E-state index in [-0.39, 0.29) is 6.42 Å². The van der Waals surface area contributed by atoms with E-state index in [1.165, 1.54) is 6.07 Å². The largest absolute Gasteiger partial charge is 0.417 e. The van der Waals surface area contributed by atoms with Gasteiger partial charge < -0.3 is 5.32 Å². The van der Waals surface area contributed by atoms with Crippen molar-refractivity contribution in [1.29, 1.82) is 0 Å². The molecule has 0 fully saturated rings. The molecule has 1 atom stereocenters. The monoisotopic (exact) mass is 394 g/mol. The first-order valence-corrected chi connectivity index (χ1v) is 8.70. The van der Waals surface area contributed by atoms with Crippen LogP contribution in [-0.4, -0.2) is 23.0 Å². The Morgan fingerprint density at radius 2 is 1.74 bits per heavy atom. The third kappa shape index (κ3) is 4.30. The highest BCUT2D eigenvalue weighted by Gasteiger charge is 2.35. The second-order valence-corrected chi connectivity index (χ2v) is 6.96. The van der Waals surface area contributed by atoms with Crippen LogP contribution in [0, 0.1) is 0 Å². The number of hydrogen-bond donors (Lipinski definition) is 2. The van der Waals surface area contributed by atoms with Crippen LogP contribution in [0.2, 0.25) is 0 Å². The lowest BCUT2D eigenvalue weighted by atomic mass is 10.1. The van der Waals surface area contributed by atoms with Gasteiger partial charge in [0.05, 0.1) is 22.1 Å². The molecule has 27 heavy (non-hydrogen) atoms. The molecule has 3 rings (SSSR count). The zero-order valence-electron chi connectivity index (χ0n) is 13.7. The van der Waals surface area contributed by atoms with Crippen molar-refractivity contribution in [1.82, 2.24) is 5.32 Å². The van der Waals surface area contributed by atoms with E-state index in [2.05, 4.69) is 5.32 Å². The highest BCUT2D eigenvalue weighted by molar-refractivity contribution is 8.01. The predicted molar refractivity (Wildman–Crippen MR) is 93.3 cm³/mol. The summed E-state index contributed by atoms with van der Waals surface area (Å²) in [4.78, 5) is 37.1. The van der Waals surface area contributed by atoms with E-state index in [9.17, 15) is 27.6 Å². The minimum Gasteiger partial charge on any atom is -0.324 e. The molecule has 0 bridgehead atoms. The fourth-order valence-electron chi connectivity index (χ4n) is 2.57. The number of anilines is 1. The first-order valence-electron chi connectivity index (χ1n) is 7.82. The smallest absolute Gasteiger partial charge is 0.324 e. The average molecular weight is 394 g/mol. The number of para-hydroxylation sites is 1. The maximum atomic E-state index is 13.0. The quantitative estimate of drug-likeness (QED) is 0.836. The highest BCUT2D eigenvalue weighted by atomic mass is 32.2. The van der Waals surface area contributed by atoms with Crippen molar-refractivity contribution in [3.8, 4) is 0 Å². The van der Waals surface area contributed by atoms with E-state index in [1.54, 1.807) is 24.3 Å². The Bertz CT molecular complexity index is 915. The van der Waals surface area contributed by atoms with Gasteiger partial charge in [0, 0.05) is 11.3 Å². The van der Waals surface area contributed by atoms with Crippen molar-refractivity contribution < 1.29 is 27.6 Å². The molecule has 0 unspecified atom stereocenters. The van der Waals surface area contributed by atoms with E-state index < -0.39 is 40.3 Å². The Kier molecular flexibility index (Phi) is 5.22. The predicted octanol–water partition coefficient (Wildman–Crippen LogP) is 3.46. The average Bonchev–Trinajstić information content (AvgIpc) is 2.61. The lowest BCUT2D eigenvalue weighted by molar-refractivity contribution is -0.138. The van der Waals surface area contributed by atoms with Gasteiger partial charge in [-0.15, -0.1) is 11.8 Å². The first-order chi connectivity index (χ1) is 12.8.